The van der Waals surface area contributed by atoms with E-state index in [-0.39, 0.29) is 28.1 Å². The molecule has 0 bridgehead atoms. The molecule has 0 atom stereocenters. The molecular weight excluding hydrogens is 364 g/mol. The van der Waals surface area contributed by atoms with E-state index >= 15 is 0 Å². The molecule has 2 heterocycles. The monoisotopic (exact) mass is 380 g/mol. The van der Waals surface area contributed by atoms with Crippen LogP contribution < -0.4 is 10.5 Å². The molecule has 21 heavy (non-hydrogen) atoms. The normalized spacial score (nSPS) is 18.0. The van der Waals surface area contributed by atoms with E-state index in [1.165, 1.54) is 11.7 Å². The standard InChI is InChI=1S/C10H17BrN6O3S/c1-16-10(9(11)13-15-16)21(19,20)14-7-2-4-17(5-3-7)6-8(12)18/h7,14H,2-6H2,1H3,(H2,12,18). The second-order valence-corrected chi connectivity index (χ2v) is 7.33. The van der Waals surface area contributed by atoms with Crippen LogP contribution in [0.1, 0.15) is 12.8 Å². The quantitative estimate of drug-likeness (QED) is 0.661. The Labute approximate surface area is 131 Å². The Morgan fingerprint density at radius 1 is 1.48 bits per heavy atom. The van der Waals surface area contributed by atoms with Gasteiger partial charge in [-0.1, -0.05) is 5.21 Å². The first-order valence-electron chi connectivity index (χ1n) is 6.38. The van der Waals surface area contributed by atoms with E-state index in [9.17, 15) is 13.2 Å². The molecule has 11 heteroatoms. The molecule has 1 aliphatic heterocycles. The van der Waals surface area contributed by atoms with Gasteiger partial charge in [0.15, 0.2) is 4.60 Å². The molecule has 0 spiro atoms. The third kappa shape index (κ3) is 3.99. The Balaban J connectivity index is 1.99. The zero-order chi connectivity index (χ0) is 15.6. The minimum absolute atomic E-state index is 0.00191. The topological polar surface area (TPSA) is 123 Å². The number of piperidine rings is 1. The zero-order valence-electron chi connectivity index (χ0n) is 11.5. The highest BCUT2D eigenvalue weighted by atomic mass is 79.9. The molecule has 118 valence electrons. The van der Waals surface area contributed by atoms with E-state index in [4.69, 9.17) is 5.73 Å². The number of hydrogen-bond acceptors (Lipinski definition) is 6. The molecule has 1 amide bonds. The third-order valence-electron chi connectivity index (χ3n) is 3.28. The average molecular weight is 381 g/mol. The fourth-order valence-corrected chi connectivity index (χ4v) is 4.71. The van der Waals surface area contributed by atoms with Crippen LogP contribution in [0, 0.1) is 0 Å². The van der Waals surface area contributed by atoms with Gasteiger partial charge in [0.1, 0.15) is 0 Å². The van der Waals surface area contributed by atoms with E-state index in [0.717, 1.165) is 0 Å². The summed E-state index contributed by atoms with van der Waals surface area (Å²) in [6.07, 6.45) is 1.24. The molecular formula is C10H17BrN6O3S. The van der Waals surface area contributed by atoms with Crippen LogP contribution in [-0.4, -0.2) is 59.9 Å². The largest absolute Gasteiger partial charge is 0.369 e. The lowest BCUT2D eigenvalue weighted by atomic mass is 10.1. The predicted molar refractivity (Wildman–Crippen MR) is 77.7 cm³/mol. The van der Waals surface area contributed by atoms with Gasteiger partial charge >= 0.3 is 0 Å². The second kappa shape index (κ2) is 6.38. The summed E-state index contributed by atoms with van der Waals surface area (Å²) in [5, 5.41) is 7.33. The van der Waals surface area contributed by atoms with Gasteiger partial charge < -0.3 is 5.73 Å². The maximum Gasteiger partial charge on any atom is 0.260 e. The first kappa shape index (κ1) is 16.3. The Morgan fingerprint density at radius 2 is 2.10 bits per heavy atom. The van der Waals surface area contributed by atoms with Crippen LogP contribution >= 0.6 is 15.9 Å². The molecule has 1 fully saturated rings. The van der Waals surface area contributed by atoms with Crippen LogP contribution in [0.15, 0.2) is 9.63 Å². The minimum atomic E-state index is -3.69. The summed E-state index contributed by atoms with van der Waals surface area (Å²) in [5.74, 6) is -0.376. The van der Waals surface area contributed by atoms with E-state index in [0.29, 0.717) is 25.9 Å². The van der Waals surface area contributed by atoms with Gasteiger partial charge in [-0.15, -0.1) is 5.10 Å². The lowest BCUT2D eigenvalue weighted by Gasteiger charge is -2.31. The second-order valence-electron chi connectivity index (χ2n) is 4.95. The number of sulfonamides is 1. The van der Waals surface area contributed by atoms with Crippen molar-refractivity contribution in [3.63, 3.8) is 0 Å². The van der Waals surface area contributed by atoms with Crippen molar-refractivity contribution >= 4 is 31.9 Å². The molecule has 1 saturated heterocycles. The Kier molecular flexibility index (Phi) is 4.96. The third-order valence-corrected chi connectivity index (χ3v) is 5.69. The van der Waals surface area contributed by atoms with Gasteiger partial charge in [0.05, 0.1) is 6.54 Å². The van der Waals surface area contributed by atoms with Gasteiger partial charge in [0.25, 0.3) is 10.0 Å². The van der Waals surface area contributed by atoms with Crippen molar-refractivity contribution in [3.05, 3.63) is 4.60 Å². The van der Waals surface area contributed by atoms with Crippen molar-refractivity contribution in [1.29, 1.82) is 0 Å². The number of primary amides is 1. The van der Waals surface area contributed by atoms with E-state index in [1.54, 1.807) is 0 Å². The summed E-state index contributed by atoms with van der Waals surface area (Å²) >= 11 is 3.08. The average Bonchev–Trinajstić information content (AvgIpc) is 2.71. The van der Waals surface area contributed by atoms with Gasteiger partial charge in [-0.2, -0.15) is 0 Å². The van der Waals surface area contributed by atoms with Crippen molar-refractivity contribution in [2.75, 3.05) is 19.6 Å². The van der Waals surface area contributed by atoms with Crippen molar-refractivity contribution in [1.82, 2.24) is 24.6 Å². The van der Waals surface area contributed by atoms with E-state index in [1.807, 2.05) is 4.90 Å². The molecule has 2 rings (SSSR count). The molecule has 3 N–H and O–H groups in total. The molecule has 0 radical (unpaired) electrons. The summed E-state index contributed by atoms with van der Waals surface area (Å²) in [6.45, 7) is 1.46. The number of nitrogens with zero attached hydrogens (tertiary/aromatic N) is 4. The van der Waals surface area contributed by atoms with E-state index in [2.05, 4.69) is 31.0 Å². The summed E-state index contributed by atoms with van der Waals surface area (Å²) in [5.41, 5.74) is 5.14. The molecule has 0 aromatic carbocycles. The smallest absolute Gasteiger partial charge is 0.260 e. The van der Waals surface area contributed by atoms with Crippen LogP contribution in [0.2, 0.25) is 0 Å². The summed E-state index contributed by atoms with van der Waals surface area (Å²) in [4.78, 5) is 12.8. The Hall–Kier alpha value is -1.04. The number of rotatable bonds is 5. The highest BCUT2D eigenvalue weighted by molar-refractivity contribution is 9.10. The summed E-state index contributed by atoms with van der Waals surface area (Å²) in [6, 6.07) is -0.180. The highest BCUT2D eigenvalue weighted by Gasteiger charge is 2.29. The zero-order valence-corrected chi connectivity index (χ0v) is 13.9. The molecule has 0 aliphatic carbocycles. The fraction of sp³-hybridized carbons (Fsp3) is 0.700. The maximum absolute atomic E-state index is 12.3. The highest BCUT2D eigenvalue weighted by Crippen LogP contribution is 2.19. The number of aryl methyl sites for hydroxylation is 1. The van der Waals surface area contributed by atoms with Gasteiger partial charge in [-0.25, -0.2) is 17.8 Å². The fourth-order valence-electron chi connectivity index (χ4n) is 2.31. The number of carbonyl (C=O) groups is 1. The van der Waals surface area contributed by atoms with Crippen LogP contribution in [0.3, 0.4) is 0 Å². The van der Waals surface area contributed by atoms with Gasteiger partial charge in [0, 0.05) is 26.2 Å². The lowest BCUT2D eigenvalue weighted by Crippen LogP contribution is -2.46. The van der Waals surface area contributed by atoms with Gasteiger partial charge in [-0.05, 0) is 28.8 Å². The summed E-state index contributed by atoms with van der Waals surface area (Å²) < 4.78 is 28.7. The summed E-state index contributed by atoms with van der Waals surface area (Å²) in [7, 11) is -2.17. The molecule has 0 unspecified atom stereocenters. The molecule has 0 saturated carbocycles. The van der Waals surface area contributed by atoms with Gasteiger partial charge in [0.2, 0.25) is 10.9 Å². The Morgan fingerprint density at radius 3 is 2.57 bits per heavy atom. The van der Waals surface area contributed by atoms with Crippen molar-refractivity contribution in [2.45, 2.75) is 23.9 Å². The molecule has 9 nitrogen and oxygen atoms in total. The number of nitrogens with two attached hydrogens (primary N) is 1. The first-order valence-corrected chi connectivity index (χ1v) is 8.65. The minimum Gasteiger partial charge on any atom is -0.369 e. The number of carbonyl (C=O) groups excluding carboxylic acids is 1. The van der Waals surface area contributed by atoms with Crippen molar-refractivity contribution in [3.8, 4) is 0 Å². The van der Waals surface area contributed by atoms with Gasteiger partial charge in [-0.3, -0.25) is 9.69 Å². The van der Waals surface area contributed by atoms with Crippen LogP contribution in [-0.2, 0) is 21.9 Å². The molecule has 1 aromatic rings. The lowest BCUT2D eigenvalue weighted by molar-refractivity contribution is -0.119. The van der Waals surface area contributed by atoms with Crippen LogP contribution in [0.5, 0.6) is 0 Å². The van der Waals surface area contributed by atoms with Crippen LogP contribution in [0.4, 0.5) is 0 Å². The first-order chi connectivity index (χ1) is 9.79. The predicted octanol–water partition coefficient (Wildman–Crippen LogP) is -1.19. The number of likely N-dealkylation sites (tertiary alicyclic amines) is 1. The maximum atomic E-state index is 12.3. The number of aromatic nitrogens is 3. The molecule has 1 aliphatic rings. The Bertz CT molecular complexity index is 603. The molecule has 1 aromatic heterocycles. The van der Waals surface area contributed by atoms with Crippen molar-refractivity contribution < 1.29 is 13.2 Å². The van der Waals surface area contributed by atoms with Crippen molar-refractivity contribution in [2.24, 2.45) is 12.8 Å². The van der Waals surface area contributed by atoms with Crippen LogP contribution in [0.25, 0.3) is 0 Å². The van der Waals surface area contributed by atoms with E-state index < -0.39 is 10.0 Å². The number of halogens is 1. The number of hydrogen-bond donors (Lipinski definition) is 2. The number of amides is 1. The number of nitrogens with one attached hydrogen (secondary N) is 1. The SMILES string of the molecule is Cn1nnc(Br)c1S(=O)(=O)NC1CCN(CC(N)=O)CC1.